The van der Waals surface area contributed by atoms with Gasteiger partial charge in [0.1, 0.15) is 11.6 Å². The SMILES string of the molecule is CC(=O)c1cccc(NC(=O)[C@@H](C)OC(=O)CSc2cc(F)ccc2F)c1. The molecule has 2 rings (SSSR count). The van der Waals surface area contributed by atoms with Crippen molar-refractivity contribution in [2.24, 2.45) is 0 Å². The summed E-state index contributed by atoms with van der Waals surface area (Å²) in [5, 5.41) is 2.55. The van der Waals surface area contributed by atoms with Crippen LogP contribution in [0.5, 0.6) is 0 Å². The Kier molecular flexibility index (Phi) is 7.06. The van der Waals surface area contributed by atoms with Crippen LogP contribution in [0.25, 0.3) is 0 Å². The van der Waals surface area contributed by atoms with Crippen LogP contribution in [0.15, 0.2) is 47.4 Å². The highest BCUT2D eigenvalue weighted by Gasteiger charge is 2.19. The highest BCUT2D eigenvalue weighted by molar-refractivity contribution is 8.00. The van der Waals surface area contributed by atoms with Gasteiger partial charge in [0.25, 0.3) is 5.91 Å². The van der Waals surface area contributed by atoms with E-state index in [4.69, 9.17) is 4.74 Å². The molecule has 0 aromatic heterocycles. The molecule has 0 saturated heterocycles. The number of ether oxygens (including phenoxy) is 1. The van der Waals surface area contributed by atoms with Gasteiger partial charge < -0.3 is 10.1 Å². The van der Waals surface area contributed by atoms with Crippen molar-refractivity contribution in [1.29, 1.82) is 0 Å². The molecule has 0 fully saturated rings. The Morgan fingerprint density at radius 3 is 2.59 bits per heavy atom. The number of ketones is 1. The lowest BCUT2D eigenvalue weighted by Gasteiger charge is -2.14. The fourth-order valence-electron chi connectivity index (χ4n) is 2.07. The molecule has 1 N–H and O–H groups in total. The quantitative estimate of drug-likeness (QED) is 0.440. The van der Waals surface area contributed by atoms with Crippen LogP contribution in [0, 0.1) is 11.6 Å². The maximum atomic E-state index is 13.5. The molecule has 5 nitrogen and oxygen atoms in total. The monoisotopic (exact) mass is 393 g/mol. The summed E-state index contributed by atoms with van der Waals surface area (Å²) < 4.78 is 31.6. The summed E-state index contributed by atoms with van der Waals surface area (Å²) in [6, 6.07) is 9.26. The number of carbonyl (C=O) groups excluding carboxylic acids is 3. The number of halogens is 2. The van der Waals surface area contributed by atoms with E-state index in [1.807, 2.05) is 0 Å². The molecule has 27 heavy (non-hydrogen) atoms. The first-order valence-corrected chi connectivity index (χ1v) is 8.94. The van der Waals surface area contributed by atoms with E-state index in [9.17, 15) is 23.2 Å². The van der Waals surface area contributed by atoms with Gasteiger partial charge in [-0.05, 0) is 44.2 Å². The van der Waals surface area contributed by atoms with E-state index in [1.165, 1.54) is 19.9 Å². The molecule has 0 spiro atoms. The number of benzene rings is 2. The minimum atomic E-state index is -1.10. The number of nitrogens with one attached hydrogen (secondary N) is 1. The second-order valence-electron chi connectivity index (χ2n) is 5.62. The van der Waals surface area contributed by atoms with Crippen LogP contribution in [0.4, 0.5) is 14.5 Å². The van der Waals surface area contributed by atoms with E-state index in [2.05, 4.69) is 5.32 Å². The van der Waals surface area contributed by atoms with E-state index >= 15 is 0 Å². The minimum absolute atomic E-state index is 0.0231. The van der Waals surface area contributed by atoms with Gasteiger partial charge in [-0.25, -0.2) is 8.78 Å². The number of hydrogen-bond acceptors (Lipinski definition) is 5. The van der Waals surface area contributed by atoms with Crippen LogP contribution in [0.2, 0.25) is 0 Å². The fourth-order valence-corrected chi connectivity index (χ4v) is 2.81. The first-order valence-electron chi connectivity index (χ1n) is 7.95. The smallest absolute Gasteiger partial charge is 0.317 e. The summed E-state index contributed by atoms with van der Waals surface area (Å²) in [6.07, 6.45) is -1.10. The number of thioether (sulfide) groups is 1. The van der Waals surface area contributed by atoms with E-state index < -0.39 is 29.6 Å². The number of amides is 1. The van der Waals surface area contributed by atoms with Crippen LogP contribution in [0.3, 0.4) is 0 Å². The number of esters is 1. The second kappa shape index (κ2) is 9.27. The Morgan fingerprint density at radius 2 is 1.89 bits per heavy atom. The van der Waals surface area contributed by atoms with Crippen molar-refractivity contribution in [2.45, 2.75) is 24.8 Å². The molecular formula is C19H17F2NO4S. The van der Waals surface area contributed by atoms with Crippen molar-refractivity contribution >= 4 is 35.1 Å². The highest BCUT2D eigenvalue weighted by atomic mass is 32.2. The van der Waals surface area contributed by atoms with Crippen LogP contribution in [-0.2, 0) is 14.3 Å². The zero-order valence-electron chi connectivity index (χ0n) is 14.6. The molecule has 1 amide bonds. The third kappa shape index (κ3) is 6.18. The van der Waals surface area contributed by atoms with E-state index in [-0.39, 0.29) is 16.4 Å². The lowest BCUT2D eigenvalue weighted by Crippen LogP contribution is -2.30. The van der Waals surface area contributed by atoms with Crippen molar-refractivity contribution < 1.29 is 27.9 Å². The van der Waals surface area contributed by atoms with Gasteiger partial charge in [0.15, 0.2) is 11.9 Å². The van der Waals surface area contributed by atoms with Crippen LogP contribution >= 0.6 is 11.8 Å². The van der Waals surface area contributed by atoms with Crippen molar-refractivity contribution in [3.63, 3.8) is 0 Å². The maximum Gasteiger partial charge on any atom is 0.317 e. The predicted molar refractivity (Wildman–Crippen MR) is 97.7 cm³/mol. The summed E-state index contributed by atoms with van der Waals surface area (Å²) in [6.45, 7) is 2.79. The lowest BCUT2D eigenvalue weighted by molar-refractivity contribution is -0.150. The van der Waals surface area contributed by atoms with Gasteiger partial charge in [-0.1, -0.05) is 12.1 Å². The number of anilines is 1. The normalized spacial score (nSPS) is 11.6. The maximum absolute atomic E-state index is 13.5. The molecule has 0 bridgehead atoms. The van der Waals surface area contributed by atoms with Gasteiger partial charge in [0.2, 0.25) is 0 Å². The van der Waals surface area contributed by atoms with Gasteiger partial charge >= 0.3 is 5.97 Å². The summed E-state index contributed by atoms with van der Waals surface area (Å²) in [4.78, 5) is 35.3. The van der Waals surface area contributed by atoms with Crippen LogP contribution in [0.1, 0.15) is 24.2 Å². The van der Waals surface area contributed by atoms with Crippen molar-refractivity contribution in [3.8, 4) is 0 Å². The minimum Gasteiger partial charge on any atom is -0.452 e. The fraction of sp³-hybridized carbons (Fsp3) is 0.211. The van der Waals surface area contributed by atoms with Crippen LogP contribution in [-0.4, -0.2) is 29.5 Å². The molecule has 8 heteroatoms. The van der Waals surface area contributed by atoms with Gasteiger partial charge in [-0.15, -0.1) is 11.8 Å². The Hall–Kier alpha value is -2.74. The average Bonchev–Trinajstić information content (AvgIpc) is 2.62. The van der Waals surface area contributed by atoms with Crippen molar-refractivity contribution in [1.82, 2.24) is 0 Å². The standard InChI is InChI=1S/C19H17F2NO4S/c1-11(23)13-4-3-5-15(8-13)22-19(25)12(2)26-18(24)10-27-17-9-14(20)6-7-16(17)21/h3-9,12H,10H2,1-2H3,(H,22,25)/t12-/m1/s1. The first-order chi connectivity index (χ1) is 12.8. The number of rotatable bonds is 7. The molecule has 2 aromatic carbocycles. The molecular weight excluding hydrogens is 376 g/mol. The molecule has 0 unspecified atom stereocenters. The molecule has 142 valence electrons. The van der Waals surface area contributed by atoms with Crippen LogP contribution < -0.4 is 5.32 Å². The van der Waals surface area contributed by atoms with Gasteiger partial charge in [-0.3, -0.25) is 14.4 Å². The Bertz CT molecular complexity index is 873. The first kappa shape index (κ1) is 20.6. The number of Topliss-reactive ketones (excluding diaryl/α,β-unsaturated/α-hetero) is 1. The van der Waals surface area contributed by atoms with Gasteiger partial charge in [-0.2, -0.15) is 0 Å². The summed E-state index contributed by atoms with van der Waals surface area (Å²) in [5.41, 5.74) is 0.831. The predicted octanol–water partition coefficient (Wildman–Crippen LogP) is 3.83. The largest absolute Gasteiger partial charge is 0.452 e. The zero-order chi connectivity index (χ0) is 20.0. The molecule has 0 saturated carbocycles. The van der Waals surface area contributed by atoms with Gasteiger partial charge in [0, 0.05) is 16.1 Å². The molecule has 0 aliphatic heterocycles. The molecule has 0 aliphatic carbocycles. The highest BCUT2D eigenvalue weighted by Crippen LogP contribution is 2.23. The molecule has 0 radical (unpaired) electrons. The van der Waals surface area contributed by atoms with E-state index in [0.717, 1.165) is 30.0 Å². The Morgan fingerprint density at radius 1 is 1.15 bits per heavy atom. The summed E-state index contributed by atoms with van der Waals surface area (Å²) >= 11 is 0.773. The lowest BCUT2D eigenvalue weighted by atomic mass is 10.1. The second-order valence-corrected chi connectivity index (χ2v) is 6.64. The number of hydrogen-bond donors (Lipinski definition) is 1. The van der Waals surface area contributed by atoms with E-state index in [1.54, 1.807) is 18.2 Å². The zero-order valence-corrected chi connectivity index (χ0v) is 15.4. The van der Waals surface area contributed by atoms with Crippen molar-refractivity contribution in [2.75, 3.05) is 11.1 Å². The summed E-state index contributed by atoms with van der Waals surface area (Å²) in [7, 11) is 0. The summed E-state index contributed by atoms with van der Waals surface area (Å²) in [5.74, 6) is -3.02. The number of carbonyl (C=O) groups is 3. The Labute approximate surface area is 159 Å². The Balaban J connectivity index is 1.88. The molecule has 0 heterocycles. The van der Waals surface area contributed by atoms with Gasteiger partial charge in [0.05, 0.1) is 5.75 Å². The van der Waals surface area contributed by atoms with Crippen molar-refractivity contribution in [3.05, 3.63) is 59.7 Å². The average molecular weight is 393 g/mol. The third-order valence-electron chi connectivity index (χ3n) is 3.45. The van der Waals surface area contributed by atoms with E-state index in [0.29, 0.717) is 11.3 Å². The topological polar surface area (TPSA) is 72.5 Å². The third-order valence-corrected chi connectivity index (χ3v) is 4.46. The molecule has 2 aromatic rings. The molecule has 0 aliphatic rings. The molecule has 1 atom stereocenters.